The van der Waals surface area contributed by atoms with Gasteiger partial charge in [0, 0.05) is 5.75 Å². The van der Waals surface area contributed by atoms with Gasteiger partial charge < -0.3 is 9.47 Å². The molecule has 0 aliphatic rings. The minimum absolute atomic E-state index is 0.160. The predicted octanol–water partition coefficient (Wildman–Crippen LogP) is 3.51. The second kappa shape index (κ2) is 9.28. The molecule has 0 heterocycles. The zero-order chi connectivity index (χ0) is 13.2. The molecule has 0 radical (unpaired) electrons. The summed E-state index contributed by atoms with van der Waals surface area (Å²) in [7, 11) is 0. The van der Waals surface area contributed by atoms with Gasteiger partial charge in [-0.2, -0.15) is 11.8 Å². The number of carbonyl (C=O) groups is 1. The molecule has 0 amide bonds. The van der Waals surface area contributed by atoms with Crippen molar-refractivity contribution in [2.45, 2.75) is 13.3 Å². The van der Waals surface area contributed by atoms with Crippen LogP contribution >= 0.6 is 27.7 Å². The van der Waals surface area contributed by atoms with Gasteiger partial charge >= 0.3 is 5.97 Å². The highest BCUT2D eigenvalue weighted by molar-refractivity contribution is 9.10. The summed E-state index contributed by atoms with van der Waals surface area (Å²) in [5.74, 6) is 2.44. The molecular weight excluding hydrogens is 316 g/mol. The van der Waals surface area contributed by atoms with Crippen molar-refractivity contribution in [2.24, 2.45) is 0 Å². The highest BCUT2D eigenvalue weighted by Crippen LogP contribution is 2.23. The van der Waals surface area contributed by atoms with E-state index in [2.05, 4.69) is 22.9 Å². The minimum Gasteiger partial charge on any atom is -0.489 e. The Hall–Kier alpha value is -0.680. The van der Waals surface area contributed by atoms with E-state index in [4.69, 9.17) is 9.47 Å². The lowest BCUT2D eigenvalue weighted by molar-refractivity contribution is -0.143. The lowest BCUT2D eigenvalue weighted by atomic mass is 10.3. The summed E-state index contributed by atoms with van der Waals surface area (Å²) in [6, 6.07) is 7.59. The molecule has 1 aromatic rings. The average molecular weight is 333 g/mol. The van der Waals surface area contributed by atoms with Crippen molar-refractivity contribution in [3.8, 4) is 5.75 Å². The molecule has 0 spiro atoms. The molecule has 0 atom stereocenters. The van der Waals surface area contributed by atoms with Crippen molar-refractivity contribution >= 4 is 33.7 Å². The van der Waals surface area contributed by atoms with Crippen LogP contribution in [0.2, 0.25) is 0 Å². The fourth-order valence-corrected chi connectivity index (χ4v) is 2.24. The van der Waals surface area contributed by atoms with Crippen molar-refractivity contribution in [2.75, 3.05) is 24.7 Å². The quantitative estimate of drug-likeness (QED) is 0.539. The minimum atomic E-state index is -0.160. The van der Waals surface area contributed by atoms with Gasteiger partial charge in [0.15, 0.2) is 0 Å². The van der Waals surface area contributed by atoms with Crippen LogP contribution in [-0.2, 0) is 9.53 Å². The maximum Gasteiger partial charge on any atom is 0.306 e. The molecule has 3 nitrogen and oxygen atoms in total. The number of benzene rings is 1. The number of ether oxygens (including phenoxy) is 2. The van der Waals surface area contributed by atoms with Gasteiger partial charge in [-0.25, -0.2) is 0 Å². The number of esters is 1. The molecule has 5 heteroatoms. The van der Waals surface area contributed by atoms with E-state index in [9.17, 15) is 4.79 Å². The highest BCUT2D eigenvalue weighted by Gasteiger charge is 2.03. The van der Waals surface area contributed by atoms with Crippen LogP contribution in [-0.4, -0.2) is 30.7 Å². The Morgan fingerprint density at radius 1 is 1.33 bits per heavy atom. The van der Waals surface area contributed by atoms with E-state index in [1.54, 1.807) is 11.8 Å². The van der Waals surface area contributed by atoms with Gasteiger partial charge in [0.1, 0.15) is 19.0 Å². The van der Waals surface area contributed by atoms with Crippen molar-refractivity contribution in [3.05, 3.63) is 28.7 Å². The summed E-state index contributed by atoms with van der Waals surface area (Å²) in [6.45, 7) is 2.73. The summed E-state index contributed by atoms with van der Waals surface area (Å²) in [4.78, 5) is 11.3. The Kier molecular flexibility index (Phi) is 7.93. The molecule has 0 bridgehead atoms. The molecule has 18 heavy (non-hydrogen) atoms. The Morgan fingerprint density at radius 2 is 2.11 bits per heavy atom. The van der Waals surface area contributed by atoms with Crippen LogP contribution in [0.15, 0.2) is 28.7 Å². The Balaban J connectivity index is 2.12. The maximum atomic E-state index is 11.3. The Labute approximate surface area is 120 Å². The first-order valence-corrected chi connectivity index (χ1v) is 7.79. The number of rotatable bonds is 8. The van der Waals surface area contributed by atoms with Crippen LogP contribution in [0.25, 0.3) is 0 Å². The summed E-state index contributed by atoms with van der Waals surface area (Å²) in [6.07, 6.45) is 0.466. The monoisotopic (exact) mass is 332 g/mol. The standard InChI is InChI=1S/C13H17BrO3S/c1-2-18-10-7-13(15)17-9-8-16-12-6-4-3-5-11(12)14/h3-6H,2,7-10H2,1H3. The third kappa shape index (κ3) is 6.31. The zero-order valence-electron chi connectivity index (χ0n) is 10.4. The maximum absolute atomic E-state index is 11.3. The summed E-state index contributed by atoms with van der Waals surface area (Å²) < 4.78 is 11.4. The molecule has 0 aromatic heterocycles. The second-order valence-electron chi connectivity index (χ2n) is 3.45. The molecular formula is C13H17BrO3S. The molecule has 0 unspecified atom stereocenters. The molecule has 0 fully saturated rings. The number of para-hydroxylation sites is 1. The van der Waals surface area contributed by atoms with Gasteiger partial charge in [0.2, 0.25) is 0 Å². The van der Waals surface area contributed by atoms with Crippen molar-refractivity contribution in [1.82, 2.24) is 0 Å². The first kappa shape index (κ1) is 15.4. The van der Waals surface area contributed by atoms with E-state index in [1.807, 2.05) is 24.3 Å². The normalized spacial score (nSPS) is 10.1. The van der Waals surface area contributed by atoms with Gasteiger partial charge in [-0.3, -0.25) is 4.79 Å². The largest absolute Gasteiger partial charge is 0.489 e. The van der Waals surface area contributed by atoms with Crippen LogP contribution in [0.4, 0.5) is 0 Å². The molecule has 1 aromatic carbocycles. The van der Waals surface area contributed by atoms with Crippen LogP contribution in [0.1, 0.15) is 13.3 Å². The third-order valence-corrected chi connectivity index (χ3v) is 3.65. The average Bonchev–Trinajstić information content (AvgIpc) is 2.37. The van der Waals surface area contributed by atoms with E-state index < -0.39 is 0 Å². The smallest absolute Gasteiger partial charge is 0.306 e. The van der Waals surface area contributed by atoms with Crippen molar-refractivity contribution < 1.29 is 14.3 Å². The predicted molar refractivity (Wildman–Crippen MR) is 78.2 cm³/mol. The van der Waals surface area contributed by atoms with Crippen molar-refractivity contribution in [1.29, 1.82) is 0 Å². The van der Waals surface area contributed by atoms with E-state index in [-0.39, 0.29) is 12.6 Å². The first-order valence-electron chi connectivity index (χ1n) is 5.84. The number of hydrogen-bond acceptors (Lipinski definition) is 4. The second-order valence-corrected chi connectivity index (χ2v) is 5.69. The summed E-state index contributed by atoms with van der Waals surface area (Å²) in [5, 5.41) is 0. The molecule has 0 saturated heterocycles. The first-order chi connectivity index (χ1) is 8.74. The van der Waals surface area contributed by atoms with E-state index in [1.165, 1.54) is 0 Å². The third-order valence-electron chi connectivity index (χ3n) is 2.10. The van der Waals surface area contributed by atoms with Crippen molar-refractivity contribution in [3.63, 3.8) is 0 Å². The number of thioether (sulfide) groups is 1. The molecule has 0 aliphatic carbocycles. The molecule has 0 N–H and O–H groups in total. The van der Waals surface area contributed by atoms with E-state index in [0.29, 0.717) is 13.0 Å². The van der Waals surface area contributed by atoms with Crippen LogP contribution in [0, 0.1) is 0 Å². The van der Waals surface area contributed by atoms with Gasteiger partial charge in [0.05, 0.1) is 10.9 Å². The summed E-state index contributed by atoms with van der Waals surface area (Å²) >= 11 is 5.12. The van der Waals surface area contributed by atoms with Gasteiger partial charge in [-0.15, -0.1) is 0 Å². The fourth-order valence-electron chi connectivity index (χ4n) is 1.24. The molecule has 100 valence electrons. The Morgan fingerprint density at radius 3 is 2.83 bits per heavy atom. The molecule has 0 saturated carbocycles. The van der Waals surface area contributed by atoms with Crippen LogP contribution in [0.3, 0.4) is 0 Å². The fraction of sp³-hybridized carbons (Fsp3) is 0.462. The topological polar surface area (TPSA) is 35.5 Å². The number of carbonyl (C=O) groups excluding carboxylic acids is 1. The van der Waals surface area contributed by atoms with Gasteiger partial charge in [0.25, 0.3) is 0 Å². The van der Waals surface area contributed by atoms with E-state index in [0.717, 1.165) is 21.7 Å². The SMILES string of the molecule is CCSCCC(=O)OCCOc1ccccc1Br. The lowest BCUT2D eigenvalue weighted by Gasteiger charge is -2.08. The number of halogens is 1. The van der Waals surface area contributed by atoms with E-state index >= 15 is 0 Å². The molecule has 1 rings (SSSR count). The highest BCUT2D eigenvalue weighted by atomic mass is 79.9. The number of hydrogen-bond donors (Lipinski definition) is 0. The van der Waals surface area contributed by atoms with Gasteiger partial charge in [-0.05, 0) is 33.8 Å². The Bertz CT molecular complexity index is 371. The van der Waals surface area contributed by atoms with Gasteiger partial charge in [-0.1, -0.05) is 19.1 Å². The zero-order valence-corrected chi connectivity index (χ0v) is 12.8. The van der Waals surface area contributed by atoms with Crippen LogP contribution in [0.5, 0.6) is 5.75 Å². The summed E-state index contributed by atoms with van der Waals surface area (Å²) in [5.41, 5.74) is 0. The molecule has 0 aliphatic heterocycles. The van der Waals surface area contributed by atoms with Crippen LogP contribution < -0.4 is 4.74 Å². The lowest BCUT2D eigenvalue weighted by Crippen LogP contribution is -2.12.